The molecule has 0 spiro atoms. The van der Waals surface area contributed by atoms with Gasteiger partial charge in [0.25, 0.3) is 5.91 Å². The maximum atomic E-state index is 11.9. The van der Waals surface area contributed by atoms with E-state index >= 15 is 0 Å². The smallest absolute Gasteiger partial charge is 0.324 e. The van der Waals surface area contributed by atoms with Gasteiger partial charge in [0.15, 0.2) is 0 Å². The molecule has 1 aliphatic rings. The van der Waals surface area contributed by atoms with Crippen LogP contribution in [0.5, 0.6) is 0 Å². The molecular weight excluding hydrogens is 254 g/mol. The molecule has 18 heavy (non-hydrogen) atoms. The molecule has 1 fully saturated rings. The molecule has 0 saturated heterocycles. The minimum atomic E-state index is -0.492. The van der Waals surface area contributed by atoms with Crippen molar-refractivity contribution in [2.75, 3.05) is 0 Å². The average molecular weight is 269 g/mol. The van der Waals surface area contributed by atoms with E-state index in [1.807, 2.05) is 0 Å². The fraction of sp³-hybridized carbons (Fsp3) is 0.545. The van der Waals surface area contributed by atoms with Gasteiger partial charge in [-0.1, -0.05) is 24.2 Å². The van der Waals surface area contributed by atoms with Crippen LogP contribution in [0.4, 0.5) is 5.00 Å². The molecule has 1 aromatic rings. The molecule has 2 rings (SSSR count). The van der Waals surface area contributed by atoms with E-state index in [9.17, 15) is 14.9 Å². The lowest BCUT2D eigenvalue weighted by molar-refractivity contribution is -0.380. The molecule has 1 aliphatic carbocycles. The molecule has 3 N–H and O–H groups in total. The number of hydrogen-bond acceptors (Lipinski definition) is 5. The number of amides is 1. The normalized spacial score (nSPS) is 23.6. The molecule has 6 nitrogen and oxygen atoms in total. The monoisotopic (exact) mass is 269 g/mol. The van der Waals surface area contributed by atoms with Crippen LogP contribution in [0, 0.1) is 10.1 Å². The van der Waals surface area contributed by atoms with E-state index in [-0.39, 0.29) is 23.0 Å². The Morgan fingerprint density at radius 3 is 2.83 bits per heavy atom. The molecule has 7 heteroatoms. The van der Waals surface area contributed by atoms with Crippen molar-refractivity contribution in [1.82, 2.24) is 5.32 Å². The summed E-state index contributed by atoms with van der Waals surface area (Å²) in [7, 11) is 0. The van der Waals surface area contributed by atoms with Crippen LogP contribution < -0.4 is 11.1 Å². The first-order chi connectivity index (χ1) is 8.58. The third-order valence-electron chi connectivity index (χ3n) is 3.16. The van der Waals surface area contributed by atoms with Crippen LogP contribution in [-0.4, -0.2) is 22.9 Å². The van der Waals surface area contributed by atoms with Gasteiger partial charge in [0.1, 0.15) is 0 Å². The summed E-state index contributed by atoms with van der Waals surface area (Å²) in [5, 5.41) is 14.9. The van der Waals surface area contributed by atoms with Crippen molar-refractivity contribution in [1.29, 1.82) is 0 Å². The van der Waals surface area contributed by atoms with E-state index in [1.54, 1.807) is 0 Å². The third-order valence-corrected chi connectivity index (χ3v) is 4.04. The number of rotatable bonds is 3. The Morgan fingerprint density at radius 1 is 1.50 bits per heavy atom. The van der Waals surface area contributed by atoms with Crippen LogP contribution in [0.25, 0.3) is 0 Å². The van der Waals surface area contributed by atoms with Gasteiger partial charge in [-0.2, -0.15) is 0 Å². The van der Waals surface area contributed by atoms with Crippen molar-refractivity contribution in [3.8, 4) is 0 Å². The molecule has 0 bridgehead atoms. The molecule has 0 aromatic carbocycles. The van der Waals surface area contributed by atoms with Crippen LogP contribution in [0.2, 0.25) is 0 Å². The minimum Gasteiger partial charge on any atom is -0.348 e. The van der Waals surface area contributed by atoms with E-state index in [2.05, 4.69) is 5.32 Å². The number of nitrogens with zero attached hydrogens (tertiary/aromatic N) is 1. The van der Waals surface area contributed by atoms with Crippen LogP contribution in [0.1, 0.15) is 36.0 Å². The van der Waals surface area contributed by atoms with Crippen molar-refractivity contribution in [2.45, 2.75) is 37.8 Å². The van der Waals surface area contributed by atoms with Crippen LogP contribution in [-0.2, 0) is 0 Å². The van der Waals surface area contributed by atoms with Gasteiger partial charge in [0.2, 0.25) is 0 Å². The molecule has 1 amide bonds. The van der Waals surface area contributed by atoms with Crippen molar-refractivity contribution in [3.05, 3.63) is 27.1 Å². The summed E-state index contributed by atoms with van der Waals surface area (Å²) in [5.74, 6) is -0.276. The fourth-order valence-corrected chi connectivity index (χ4v) is 2.83. The number of carbonyl (C=O) groups is 1. The number of hydrogen-bond donors (Lipinski definition) is 2. The summed E-state index contributed by atoms with van der Waals surface area (Å²) < 4.78 is 0. The first-order valence-electron chi connectivity index (χ1n) is 5.87. The second-order valence-electron chi connectivity index (χ2n) is 4.46. The minimum absolute atomic E-state index is 0.0173. The van der Waals surface area contributed by atoms with Gasteiger partial charge in [0, 0.05) is 23.5 Å². The molecule has 98 valence electrons. The number of nitrogens with two attached hydrogens (primary N) is 1. The van der Waals surface area contributed by atoms with Gasteiger partial charge in [-0.05, 0) is 12.8 Å². The second-order valence-corrected chi connectivity index (χ2v) is 5.35. The van der Waals surface area contributed by atoms with Gasteiger partial charge in [-0.15, -0.1) is 0 Å². The van der Waals surface area contributed by atoms with E-state index in [1.165, 1.54) is 11.4 Å². The molecule has 1 aromatic heterocycles. The number of nitro groups is 1. The second kappa shape index (κ2) is 5.45. The number of thiophene rings is 1. The highest BCUT2D eigenvalue weighted by Crippen LogP contribution is 2.23. The van der Waals surface area contributed by atoms with Crippen LogP contribution in [0.3, 0.4) is 0 Å². The number of nitrogens with one attached hydrogen (secondary N) is 1. The lowest BCUT2D eigenvalue weighted by atomic mass is 9.91. The molecule has 0 aliphatic heterocycles. The third kappa shape index (κ3) is 2.85. The van der Waals surface area contributed by atoms with Gasteiger partial charge < -0.3 is 11.1 Å². The van der Waals surface area contributed by atoms with E-state index in [4.69, 9.17) is 5.73 Å². The zero-order chi connectivity index (χ0) is 13.1. The lowest BCUT2D eigenvalue weighted by Gasteiger charge is -2.29. The summed E-state index contributed by atoms with van der Waals surface area (Å²) >= 11 is 0.958. The zero-order valence-corrected chi connectivity index (χ0v) is 10.6. The highest BCUT2D eigenvalue weighted by atomic mass is 32.1. The summed E-state index contributed by atoms with van der Waals surface area (Å²) in [6.45, 7) is 0. The van der Waals surface area contributed by atoms with Crippen molar-refractivity contribution >= 4 is 22.2 Å². The Hall–Kier alpha value is -1.47. The first-order valence-corrected chi connectivity index (χ1v) is 6.75. The maximum absolute atomic E-state index is 11.9. The van der Waals surface area contributed by atoms with E-state index in [0.29, 0.717) is 5.56 Å². The van der Waals surface area contributed by atoms with Gasteiger partial charge in [-0.3, -0.25) is 14.9 Å². The van der Waals surface area contributed by atoms with E-state index < -0.39 is 4.92 Å². The Balaban J connectivity index is 2.00. The molecule has 1 saturated carbocycles. The summed E-state index contributed by atoms with van der Waals surface area (Å²) in [5.41, 5.74) is 6.28. The SMILES string of the molecule is NC1CCCCC1NC(=O)c1csc([N+](=O)[O-])c1. The van der Waals surface area contributed by atoms with Crippen molar-refractivity contribution in [2.24, 2.45) is 5.73 Å². The van der Waals surface area contributed by atoms with E-state index in [0.717, 1.165) is 37.0 Å². The molecule has 1 heterocycles. The largest absolute Gasteiger partial charge is 0.348 e. The van der Waals surface area contributed by atoms with Crippen LogP contribution in [0.15, 0.2) is 11.4 Å². The predicted molar refractivity (Wildman–Crippen MR) is 68.7 cm³/mol. The van der Waals surface area contributed by atoms with Crippen molar-refractivity contribution in [3.63, 3.8) is 0 Å². The zero-order valence-electron chi connectivity index (χ0n) is 9.80. The van der Waals surface area contributed by atoms with Gasteiger partial charge in [-0.25, -0.2) is 0 Å². The standard InChI is InChI=1S/C11H15N3O3S/c12-8-3-1-2-4-9(8)13-11(15)7-5-10(14(16)17)18-6-7/h5-6,8-9H,1-4,12H2,(H,13,15). The highest BCUT2D eigenvalue weighted by Gasteiger charge is 2.24. The predicted octanol–water partition coefficient (Wildman–Crippen LogP) is 1.66. The summed E-state index contributed by atoms with van der Waals surface area (Å²) in [6.07, 6.45) is 3.94. The molecule has 2 atom stereocenters. The Kier molecular flexibility index (Phi) is 3.93. The Morgan fingerprint density at radius 2 is 2.22 bits per heavy atom. The van der Waals surface area contributed by atoms with Crippen LogP contribution >= 0.6 is 11.3 Å². The Bertz CT molecular complexity index is 460. The molecule has 0 radical (unpaired) electrons. The first kappa shape index (κ1) is 13.0. The van der Waals surface area contributed by atoms with Gasteiger partial charge >= 0.3 is 5.00 Å². The highest BCUT2D eigenvalue weighted by molar-refractivity contribution is 7.13. The molecular formula is C11H15N3O3S. The van der Waals surface area contributed by atoms with Crippen molar-refractivity contribution < 1.29 is 9.72 Å². The topological polar surface area (TPSA) is 98.3 Å². The Labute approximate surface area is 108 Å². The number of carbonyl (C=O) groups excluding carboxylic acids is 1. The fourth-order valence-electron chi connectivity index (χ4n) is 2.13. The average Bonchev–Trinajstić information content (AvgIpc) is 2.81. The quantitative estimate of drug-likeness (QED) is 0.644. The van der Waals surface area contributed by atoms with Gasteiger partial charge in [0.05, 0.1) is 10.5 Å². The lowest BCUT2D eigenvalue weighted by Crippen LogP contribution is -2.49. The summed E-state index contributed by atoms with van der Waals surface area (Å²) in [6, 6.07) is 1.26. The molecule has 2 unspecified atom stereocenters. The summed E-state index contributed by atoms with van der Waals surface area (Å²) in [4.78, 5) is 22.0. The maximum Gasteiger partial charge on any atom is 0.324 e.